The highest BCUT2D eigenvalue weighted by Crippen LogP contribution is 2.56. The van der Waals surface area contributed by atoms with Crippen LogP contribution in [0.4, 0.5) is 0 Å². The van der Waals surface area contributed by atoms with Crippen molar-refractivity contribution in [1.29, 1.82) is 0 Å². The Morgan fingerprint density at radius 2 is 1.00 bits per heavy atom. The first-order valence-electron chi connectivity index (χ1n) is 12.6. The molecule has 0 bridgehead atoms. The Morgan fingerprint density at radius 3 is 1.49 bits per heavy atom. The van der Waals surface area contributed by atoms with Crippen LogP contribution < -0.4 is 10.6 Å². The van der Waals surface area contributed by atoms with Gasteiger partial charge in [0.1, 0.15) is 0 Å². The Hall–Kier alpha value is -3.37. The molecule has 1 fully saturated rings. The average Bonchev–Trinajstić information content (AvgIpc) is 2.95. The van der Waals surface area contributed by atoms with Gasteiger partial charge in [0.05, 0.1) is 5.31 Å². The lowest BCUT2D eigenvalue weighted by molar-refractivity contribution is 0.429. The van der Waals surface area contributed by atoms with Crippen molar-refractivity contribution >= 4 is 28.6 Å². The smallest absolute Gasteiger partial charge is 0.179 e. The van der Waals surface area contributed by atoms with E-state index < -0.39 is 7.14 Å². The van der Waals surface area contributed by atoms with E-state index in [9.17, 15) is 0 Å². The molecule has 4 aromatic carbocycles. The second kappa shape index (κ2) is 10.9. The summed E-state index contributed by atoms with van der Waals surface area (Å²) in [5.74, 6) is 0.421. The first kappa shape index (κ1) is 23.4. The van der Waals surface area contributed by atoms with Crippen LogP contribution in [0.25, 0.3) is 10.9 Å². The van der Waals surface area contributed by atoms with Crippen molar-refractivity contribution in [3.8, 4) is 0 Å². The van der Waals surface area contributed by atoms with Gasteiger partial charge < -0.3 is 4.57 Å². The maximum Gasteiger partial charge on any atom is 0.179 e. The van der Waals surface area contributed by atoms with Gasteiger partial charge >= 0.3 is 0 Å². The van der Waals surface area contributed by atoms with Crippen molar-refractivity contribution in [1.82, 2.24) is 0 Å². The number of benzene rings is 4. The summed E-state index contributed by atoms with van der Waals surface area (Å²) in [6.45, 7) is 0. The highest BCUT2D eigenvalue weighted by Gasteiger charge is 2.33. The van der Waals surface area contributed by atoms with Crippen molar-refractivity contribution in [2.45, 2.75) is 32.1 Å². The molecule has 0 N–H and O–H groups in total. The molecule has 35 heavy (non-hydrogen) atoms. The van der Waals surface area contributed by atoms with Crippen molar-refractivity contribution in [3.05, 3.63) is 138 Å². The molecular weight excluding hydrogens is 443 g/mol. The highest BCUT2D eigenvalue weighted by atomic mass is 31.2. The summed E-state index contributed by atoms with van der Waals surface area (Å²) in [6, 6.07) is 40.7. The summed E-state index contributed by atoms with van der Waals surface area (Å²) in [7, 11) is -3.20. The molecule has 4 aromatic rings. The predicted octanol–water partition coefficient (Wildman–Crippen LogP) is 8.30. The van der Waals surface area contributed by atoms with E-state index in [0.29, 0.717) is 5.92 Å². The Bertz CT molecular complexity index is 1300. The lowest BCUT2D eigenvalue weighted by atomic mass is 9.81. The lowest BCUT2D eigenvalue weighted by Gasteiger charge is -2.25. The van der Waals surface area contributed by atoms with Gasteiger partial charge in [-0.25, -0.2) is 0 Å². The molecule has 2 heteroatoms. The molecule has 5 rings (SSSR count). The van der Waals surface area contributed by atoms with E-state index in [4.69, 9.17) is 0 Å². The van der Waals surface area contributed by atoms with Gasteiger partial charge in [-0.15, -0.1) is 5.73 Å². The molecule has 0 heterocycles. The van der Waals surface area contributed by atoms with E-state index in [2.05, 4.69) is 48.2 Å². The Kier molecular flexibility index (Phi) is 7.29. The number of allylic oxidation sites excluding steroid dienone is 1. The van der Waals surface area contributed by atoms with Gasteiger partial charge in [-0.05, 0) is 29.9 Å². The molecule has 0 saturated heterocycles. The molecule has 0 aliphatic heterocycles. The summed E-state index contributed by atoms with van der Waals surface area (Å²) >= 11 is 0. The van der Waals surface area contributed by atoms with Crippen LogP contribution in [0.5, 0.6) is 0 Å². The van der Waals surface area contributed by atoms with Crippen LogP contribution in [-0.4, -0.2) is 0 Å². The molecule has 0 atom stereocenters. The first-order chi connectivity index (χ1) is 17.3. The molecule has 0 amide bonds. The fourth-order valence-electron chi connectivity index (χ4n) is 5.16. The quantitative estimate of drug-likeness (QED) is 0.203. The molecule has 1 aliphatic carbocycles. The zero-order chi connectivity index (χ0) is 23.9. The maximum absolute atomic E-state index is 15.5. The highest BCUT2D eigenvalue weighted by molar-refractivity contribution is 7.87. The fraction of sp³-hybridized carbons (Fsp3) is 0.182. The maximum atomic E-state index is 15.5. The minimum Gasteiger partial charge on any atom is -0.308 e. The zero-order valence-corrected chi connectivity index (χ0v) is 20.9. The van der Waals surface area contributed by atoms with Gasteiger partial charge in [-0.2, -0.15) is 0 Å². The second-order valence-electron chi connectivity index (χ2n) is 9.23. The van der Waals surface area contributed by atoms with Crippen LogP contribution in [0, 0.1) is 5.92 Å². The van der Waals surface area contributed by atoms with E-state index in [0.717, 1.165) is 34.3 Å². The van der Waals surface area contributed by atoms with Crippen molar-refractivity contribution in [2.24, 2.45) is 5.92 Å². The van der Waals surface area contributed by atoms with Crippen LogP contribution >= 0.6 is 7.14 Å². The van der Waals surface area contributed by atoms with Gasteiger partial charge in [0.2, 0.25) is 0 Å². The van der Waals surface area contributed by atoms with E-state index in [-0.39, 0.29) is 0 Å². The summed E-state index contributed by atoms with van der Waals surface area (Å²) in [5.41, 5.74) is 7.20. The van der Waals surface area contributed by atoms with Crippen molar-refractivity contribution in [3.63, 3.8) is 0 Å². The van der Waals surface area contributed by atoms with Crippen LogP contribution in [0.3, 0.4) is 0 Å². The summed E-state index contributed by atoms with van der Waals surface area (Å²) in [6.07, 6.45) is 6.07. The van der Waals surface area contributed by atoms with Gasteiger partial charge in [0, 0.05) is 16.2 Å². The Balaban J connectivity index is 1.88. The topological polar surface area (TPSA) is 17.1 Å². The number of rotatable bonds is 6. The molecule has 1 aliphatic rings. The standard InChI is InChI=1S/C33H31OP/c34-35(30-22-12-4-13-23-30,31-24-14-5-15-25-31)33(29-20-10-3-11-21-29)26-32(27-16-6-1-7-17-27)28-18-8-2-9-19-28/h1,3-7,10-17,20-25,28H,2,8-9,18-19H2. The summed E-state index contributed by atoms with van der Waals surface area (Å²) in [5, 5.41) is 2.47. The van der Waals surface area contributed by atoms with E-state index >= 15 is 4.57 Å². The molecule has 0 radical (unpaired) electrons. The zero-order valence-electron chi connectivity index (χ0n) is 20.0. The summed E-state index contributed by atoms with van der Waals surface area (Å²) < 4.78 is 15.5. The second-order valence-corrected chi connectivity index (χ2v) is 11.9. The van der Waals surface area contributed by atoms with Crippen molar-refractivity contribution in [2.75, 3.05) is 0 Å². The molecule has 174 valence electrons. The fourth-order valence-corrected chi connectivity index (χ4v) is 7.95. The minimum atomic E-state index is -3.20. The van der Waals surface area contributed by atoms with Gasteiger partial charge in [-0.3, -0.25) is 0 Å². The molecule has 0 spiro atoms. The van der Waals surface area contributed by atoms with Crippen LogP contribution in [-0.2, 0) is 4.57 Å². The van der Waals surface area contributed by atoms with Crippen LogP contribution in [0.1, 0.15) is 43.2 Å². The van der Waals surface area contributed by atoms with E-state index in [1.807, 2.05) is 78.9 Å². The predicted molar refractivity (Wildman–Crippen MR) is 150 cm³/mol. The lowest BCUT2D eigenvalue weighted by Crippen LogP contribution is -2.17. The third-order valence-corrected chi connectivity index (χ3v) is 10.0. The Morgan fingerprint density at radius 1 is 0.571 bits per heavy atom. The first-order valence-corrected chi connectivity index (χ1v) is 14.3. The van der Waals surface area contributed by atoms with Gasteiger partial charge in [0.25, 0.3) is 0 Å². The minimum absolute atomic E-state index is 0.421. The molecular formula is C33H31OP. The van der Waals surface area contributed by atoms with Crippen molar-refractivity contribution < 1.29 is 4.57 Å². The van der Waals surface area contributed by atoms with Gasteiger partial charge in [0.15, 0.2) is 7.14 Å². The van der Waals surface area contributed by atoms with E-state index in [1.165, 1.54) is 30.4 Å². The Labute approximate surface area is 209 Å². The number of hydrogen-bond donors (Lipinski definition) is 0. The third kappa shape index (κ3) is 5.03. The normalized spacial score (nSPS) is 14.2. The average molecular weight is 475 g/mol. The van der Waals surface area contributed by atoms with Gasteiger partial charge in [-0.1, -0.05) is 141 Å². The monoisotopic (exact) mass is 474 g/mol. The third-order valence-electron chi connectivity index (χ3n) is 6.95. The molecule has 0 aromatic heterocycles. The largest absolute Gasteiger partial charge is 0.308 e. The van der Waals surface area contributed by atoms with Crippen LogP contribution in [0.15, 0.2) is 127 Å². The summed E-state index contributed by atoms with van der Waals surface area (Å²) in [4.78, 5) is 0. The van der Waals surface area contributed by atoms with Crippen LogP contribution in [0.2, 0.25) is 0 Å². The SMILES string of the molecule is O=P(C(=C=C(c1ccccc1)C1CCCCC1)c1ccccc1)(c1ccccc1)c1ccccc1. The molecule has 0 unspecified atom stereocenters. The van der Waals surface area contributed by atoms with E-state index in [1.54, 1.807) is 0 Å². The molecule has 1 nitrogen and oxygen atoms in total. The molecule has 1 saturated carbocycles. The number of hydrogen-bond acceptors (Lipinski definition) is 1.